The Balaban J connectivity index is 1.86. The maximum Gasteiger partial charge on any atom is 0.294 e. The molecule has 3 rings (SSSR count). The second-order valence-corrected chi connectivity index (χ2v) is 5.48. The Morgan fingerprint density at radius 1 is 1.48 bits per heavy atom. The number of fused-ring (bicyclic) bond motifs is 1. The van der Waals surface area contributed by atoms with E-state index in [2.05, 4.69) is 15.3 Å². The molecule has 0 bridgehead atoms. The van der Waals surface area contributed by atoms with Crippen LogP contribution in [0.1, 0.15) is 30.1 Å². The van der Waals surface area contributed by atoms with Gasteiger partial charge in [-0.2, -0.15) is 4.98 Å². The Labute approximate surface area is 134 Å². The second kappa shape index (κ2) is 6.28. The SMILES string of the molecule is CCOc1nc2ccc(C(=O)N3CCC[C@H]3C(=O)NC)cc2[nH]1. The number of likely N-dealkylation sites (N-methyl/N-ethyl adjacent to an activating group) is 1. The quantitative estimate of drug-likeness (QED) is 0.890. The number of carbonyl (C=O) groups excluding carboxylic acids is 2. The number of hydrogen-bond donors (Lipinski definition) is 2. The lowest BCUT2D eigenvalue weighted by molar-refractivity contribution is -0.124. The Hall–Kier alpha value is -2.57. The topological polar surface area (TPSA) is 87.3 Å². The fourth-order valence-electron chi connectivity index (χ4n) is 2.94. The number of aromatic nitrogens is 2. The second-order valence-electron chi connectivity index (χ2n) is 5.48. The van der Waals surface area contributed by atoms with Crippen LogP contribution in [0.15, 0.2) is 18.2 Å². The maximum atomic E-state index is 12.7. The lowest BCUT2D eigenvalue weighted by Gasteiger charge is -2.23. The van der Waals surface area contributed by atoms with Crippen LogP contribution in [0.2, 0.25) is 0 Å². The van der Waals surface area contributed by atoms with Crippen LogP contribution in [-0.2, 0) is 4.79 Å². The van der Waals surface area contributed by atoms with Crippen LogP contribution in [0.5, 0.6) is 6.01 Å². The minimum absolute atomic E-state index is 0.114. The molecule has 7 heteroatoms. The first-order valence-electron chi connectivity index (χ1n) is 7.79. The van der Waals surface area contributed by atoms with Crippen molar-refractivity contribution in [2.24, 2.45) is 0 Å². The number of likely N-dealkylation sites (tertiary alicyclic amines) is 1. The van der Waals surface area contributed by atoms with Gasteiger partial charge in [0.05, 0.1) is 17.6 Å². The number of nitrogens with zero attached hydrogens (tertiary/aromatic N) is 2. The third-order valence-electron chi connectivity index (χ3n) is 4.05. The first kappa shape index (κ1) is 15.3. The first-order chi connectivity index (χ1) is 11.1. The molecule has 1 aromatic carbocycles. The summed E-state index contributed by atoms with van der Waals surface area (Å²) >= 11 is 0. The predicted molar refractivity (Wildman–Crippen MR) is 85.4 cm³/mol. The highest BCUT2D eigenvalue weighted by atomic mass is 16.5. The van der Waals surface area contributed by atoms with E-state index in [1.54, 1.807) is 30.1 Å². The van der Waals surface area contributed by atoms with Crippen LogP contribution in [0.4, 0.5) is 0 Å². The monoisotopic (exact) mass is 316 g/mol. The zero-order valence-electron chi connectivity index (χ0n) is 13.3. The molecule has 23 heavy (non-hydrogen) atoms. The molecule has 0 aliphatic carbocycles. The number of imidazole rings is 1. The van der Waals surface area contributed by atoms with Gasteiger partial charge in [-0.05, 0) is 38.0 Å². The van der Waals surface area contributed by atoms with Gasteiger partial charge in [-0.15, -0.1) is 0 Å². The summed E-state index contributed by atoms with van der Waals surface area (Å²) in [7, 11) is 1.59. The zero-order chi connectivity index (χ0) is 16.4. The molecule has 1 aromatic heterocycles. The van der Waals surface area contributed by atoms with Crippen LogP contribution < -0.4 is 10.1 Å². The largest absolute Gasteiger partial charge is 0.465 e. The number of amides is 2. The van der Waals surface area contributed by atoms with E-state index in [9.17, 15) is 9.59 Å². The molecule has 0 unspecified atom stereocenters. The molecule has 1 atom stereocenters. The van der Waals surface area contributed by atoms with E-state index in [-0.39, 0.29) is 17.9 Å². The summed E-state index contributed by atoms with van der Waals surface area (Å²) in [5, 5.41) is 2.62. The molecule has 1 aliphatic heterocycles. The standard InChI is InChI=1S/C16H20N4O3/c1-3-23-16-18-11-7-6-10(9-12(11)19-16)15(22)20-8-4-5-13(20)14(21)17-2/h6-7,9,13H,3-5,8H2,1-2H3,(H,17,21)(H,18,19)/t13-/m0/s1. The maximum absolute atomic E-state index is 12.7. The number of H-pyrrole nitrogens is 1. The van der Waals surface area contributed by atoms with Crippen molar-refractivity contribution in [1.82, 2.24) is 20.2 Å². The molecular weight excluding hydrogens is 296 g/mol. The zero-order valence-corrected chi connectivity index (χ0v) is 13.3. The average molecular weight is 316 g/mol. The van der Waals surface area contributed by atoms with Crippen LogP contribution in [0, 0.1) is 0 Å². The molecule has 7 nitrogen and oxygen atoms in total. The molecule has 2 N–H and O–H groups in total. The van der Waals surface area contributed by atoms with E-state index in [1.165, 1.54) is 0 Å². The minimum Gasteiger partial charge on any atom is -0.465 e. The summed E-state index contributed by atoms with van der Waals surface area (Å²) in [6, 6.07) is 5.33. The van der Waals surface area contributed by atoms with E-state index >= 15 is 0 Å². The molecule has 1 fully saturated rings. The third-order valence-corrected chi connectivity index (χ3v) is 4.05. The minimum atomic E-state index is -0.385. The normalized spacial score (nSPS) is 17.5. The number of ether oxygens (including phenoxy) is 1. The number of nitrogens with one attached hydrogen (secondary N) is 2. The van der Waals surface area contributed by atoms with E-state index in [0.29, 0.717) is 31.1 Å². The summed E-state index contributed by atoms with van der Waals surface area (Å²) in [5.74, 6) is -0.248. The lowest BCUT2D eigenvalue weighted by atomic mass is 10.1. The van der Waals surface area contributed by atoms with Gasteiger partial charge in [0, 0.05) is 19.2 Å². The van der Waals surface area contributed by atoms with Gasteiger partial charge in [-0.1, -0.05) is 0 Å². The Morgan fingerprint density at radius 2 is 2.30 bits per heavy atom. The van der Waals surface area contributed by atoms with Crippen molar-refractivity contribution < 1.29 is 14.3 Å². The van der Waals surface area contributed by atoms with Crippen molar-refractivity contribution in [2.45, 2.75) is 25.8 Å². The molecule has 2 aromatic rings. The molecule has 2 amide bonds. The fraction of sp³-hybridized carbons (Fsp3) is 0.438. The van der Waals surface area contributed by atoms with Gasteiger partial charge in [-0.25, -0.2) is 0 Å². The molecule has 1 aliphatic rings. The highest BCUT2D eigenvalue weighted by Gasteiger charge is 2.34. The number of hydrogen-bond acceptors (Lipinski definition) is 4. The van der Waals surface area contributed by atoms with Crippen LogP contribution >= 0.6 is 0 Å². The van der Waals surface area contributed by atoms with Gasteiger partial charge in [-0.3, -0.25) is 9.59 Å². The summed E-state index contributed by atoms with van der Waals surface area (Å²) in [5.41, 5.74) is 2.03. The van der Waals surface area contributed by atoms with Crippen LogP contribution in [0.25, 0.3) is 11.0 Å². The summed E-state index contributed by atoms with van der Waals surface area (Å²) in [4.78, 5) is 33.6. The molecule has 2 heterocycles. The van der Waals surface area contributed by atoms with Gasteiger partial charge < -0.3 is 19.9 Å². The van der Waals surface area contributed by atoms with Crippen molar-refractivity contribution in [3.8, 4) is 6.01 Å². The third kappa shape index (κ3) is 2.86. The van der Waals surface area contributed by atoms with Gasteiger partial charge in [0.25, 0.3) is 11.9 Å². The molecule has 0 spiro atoms. The number of benzene rings is 1. The Kier molecular flexibility index (Phi) is 4.18. The Morgan fingerprint density at radius 3 is 3.04 bits per heavy atom. The number of aromatic amines is 1. The molecule has 1 saturated heterocycles. The first-order valence-corrected chi connectivity index (χ1v) is 7.79. The predicted octanol–water partition coefficient (Wildman–Crippen LogP) is 1.31. The number of carbonyl (C=O) groups is 2. The molecule has 122 valence electrons. The lowest BCUT2D eigenvalue weighted by Crippen LogP contribution is -2.44. The van der Waals surface area contributed by atoms with Gasteiger partial charge >= 0.3 is 0 Å². The van der Waals surface area contributed by atoms with E-state index in [4.69, 9.17) is 4.74 Å². The molecule has 0 radical (unpaired) electrons. The van der Waals surface area contributed by atoms with Crippen molar-refractivity contribution in [3.05, 3.63) is 23.8 Å². The van der Waals surface area contributed by atoms with Crippen molar-refractivity contribution in [1.29, 1.82) is 0 Å². The highest BCUT2D eigenvalue weighted by Crippen LogP contribution is 2.23. The van der Waals surface area contributed by atoms with E-state index in [0.717, 1.165) is 17.5 Å². The van der Waals surface area contributed by atoms with Gasteiger partial charge in [0.2, 0.25) is 5.91 Å². The average Bonchev–Trinajstić information content (AvgIpc) is 3.19. The van der Waals surface area contributed by atoms with Crippen molar-refractivity contribution in [2.75, 3.05) is 20.2 Å². The highest BCUT2D eigenvalue weighted by molar-refractivity contribution is 6.00. The Bertz CT molecular complexity index is 740. The van der Waals surface area contributed by atoms with Crippen LogP contribution in [-0.4, -0.2) is 52.9 Å². The van der Waals surface area contributed by atoms with Gasteiger partial charge in [0.15, 0.2) is 0 Å². The van der Waals surface area contributed by atoms with E-state index in [1.807, 2.05) is 6.92 Å². The molecular formula is C16H20N4O3. The summed E-state index contributed by atoms with van der Waals surface area (Å²) < 4.78 is 5.34. The number of rotatable bonds is 4. The van der Waals surface area contributed by atoms with Gasteiger partial charge in [0.1, 0.15) is 6.04 Å². The summed E-state index contributed by atoms with van der Waals surface area (Å²) in [6.45, 7) is 3.00. The van der Waals surface area contributed by atoms with Crippen LogP contribution in [0.3, 0.4) is 0 Å². The fourth-order valence-corrected chi connectivity index (χ4v) is 2.94. The smallest absolute Gasteiger partial charge is 0.294 e. The summed E-state index contributed by atoms with van der Waals surface area (Å²) in [6.07, 6.45) is 1.54. The van der Waals surface area contributed by atoms with Crippen molar-refractivity contribution >= 4 is 22.8 Å². The van der Waals surface area contributed by atoms with Crippen molar-refractivity contribution in [3.63, 3.8) is 0 Å². The molecule has 0 saturated carbocycles. The van der Waals surface area contributed by atoms with E-state index < -0.39 is 0 Å².